The second kappa shape index (κ2) is 16.3. The molecule has 0 rings (SSSR count). The smallest absolute Gasteiger partial charge is 0.0819 e. The second-order valence-corrected chi connectivity index (χ2v) is 3.63. The van der Waals surface area contributed by atoms with Crippen molar-refractivity contribution >= 4 is 0 Å². The van der Waals surface area contributed by atoms with Crippen molar-refractivity contribution in [1.29, 1.82) is 0 Å². The van der Waals surface area contributed by atoms with Crippen LogP contribution >= 0.6 is 0 Å². The second-order valence-electron chi connectivity index (χ2n) is 3.63. The predicted molar refractivity (Wildman–Crippen MR) is 60.7 cm³/mol. The zero-order chi connectivity index (χ0) is 11.9. The Morgan fingerprint density at radius 1 is 1.07 bits per heavy atom. The molecule has 4 heteroatoms. The van der Waals surface area contributed by atoms with Crippen LogP contribution in [0.2, 0.25) is 0 Å². The predicted octanol–water partition coefficient (Wildman–Crippen LogP) is 2.20. The zero-order valence-electron chi connectivity index (χ0n) is 9.98. The Morgan fingerprint density at radius 2 is 1.53 bits per heavy atom. The van der Waals surface area contributed by atoms with E-state index in [2.05, 4.69) is 11.8 Å². The van der Waals surface area contributed by atoms with Crippen LogP contribution < -0.4 is 0 Å². The van der Waals surface area contributed by atoms with Gasteiger partial charge in [-0.3, -0.25) is 5.26 Å². The molecule has 0 bridgehead atoms. The van der Waals surface area contributed by atoms with Crippen molar-refractivity contribution in [2.75, 3.05) is 13.2 Å². The van der Waals surface area contributed by atoms with E-state index < -0.39 is 6.10 Å². The van der Waals surface area contributed by atoms with Crippen LogP contribution in [0.3, 0.4) is 0 Å². The summed E-state index contributed by atoms with van der Waals surface area (Å²) in [5.41, 5.74) is 0. The highest BCUT2D eigenvalue weighted by Crippen LogP contribution is 2.04. The molecule has 0 radical (unpaired) electrons. The number of aliphatic hydroxyl groups excluding tert-OH is 2. The van der Waals surface area contributed by atoms with Crippen LogP contribution in [0.4, 0.5) is 0 Å². The van der Waals surface area contributed by atoms with Crippen LogP contribution in [0.5, 0.6) is 0 Å². The van der Waals surface area contributed by atoms with Crippen LogP contribution in [0, 0.1) is 0 Å². The normalized spacial score (nSPS) is 11.8. The summed E-state index contributed by atoms with van der Waals surface area (Å²) in [6.45, 7) is 4.09. The van der Waals surface area contributed by atoms with E-state index in [1.54, 1.807) is 0 Å². The molecule has 15 heavy (non-hydrogen) atoms. The maximum atomic E-state index is 8.11. The van der Waals surface area contributed by atoms with E-state index in [4.69, 9.17) is 15.5 Å². The molecule has 0 saturated heterocycles. The standard InChI is InChI=1S/C8H18O2.C3H8O2/c1-2-3-4-5-6-7-8-10-9;1-3(5)2-4/h9H,2-8H2,1H3;3-5H,2H2,1H3. The molecule has 3 N–H and O–H groups in total. The number of hydrogen-bond donors (Lipinski definition) is 3. The van der Waals surface area contributed by atoms with Gasteiger partial charge in [0.1, 0.15) is 0 Å². The van der Waals surface area contributed by atoms with E-state index >= 15 is 0 Å². The Morgan fingerprint density at radius 3 is 1.93 bits per heavy atom. The minimum atomic E-state index is -0.560. The summed E-state index contributed by atoms with van der Waals surface area (Å²) in [7, 11) is 0. The Hall–Kier alpha value is -0.160. The minimum Gasteiger partial charge on any atom is -0.394 e. The van der Waals surface area contributed by atoms with Gasteiger partial charge in [-0.2, -0.15) is 0 Å². The highest BCUT2D eigenvalue weighted by molar-refractivity contribution is 4.41. The molecule has 0 amide bonds. The lowest BCUT2D eigenvalue weighted by molar-refractivity contribution is -0.242. The van der Waals surface area contributed by atoms with Crippen LogP contribution in [0.1, 0.15) is 52.4 Å². The fourth-order valence-electron chi connectivity index (χ4n) is 0.947. The quantitative estimate of drug-likeness (QED) is 0.334. The van der Waals surface area contributed by atoms with Gasteiger partial charge in [-0.15, -0.1) is 0 Å². The highest BCUT2D eigenvalue weighted by atomic mass is 17.1. The van der Waals surface area contributed by atoms with Crippen molar-refractivity contribution in [3.63, 3.8) is 0 Å². The molecule has 0 heterocycles. The lowest BCUT2D eigenvalue weighted by atomic mass is 10.1. The Balaban J connectivity index is 0. The van der Waals surface area contributed by atoms with Gasteiger partial charge in [-0.1, -0.05) is 39.0 Å². The molecular formula is C11H26O4. The average Bonchev–Trinajstić information content (AvgIpc) is 2.24. The molecule has 0 fully saturated rings. The summed E-state index contributed by atoms with van der Waals surface area (Å²) in [6.07, 6.45) is 6.83. The molecule has 0 spiro atoms. The maximum Gasteiger partial charge on any atom is 0.0819 e. The van der Waals surface area contributed by atoms with Gasteiger partial charge in [-0.05, 0) is 13.3 Å². The van der Waals surface area contributed by atoms with E-state index in [9.17, 15) is 0 Å². The molecule has 0 aromatic heterocycles. The summed E-state index contributed by atoms with van der Waals surface area (Å²) >= 11 is 0. The number of aliphatic hydroxyl groups is 2. The Kier molecular flexibility index (Phi) is 18.7. The largest absolute Gasteiger partial charge is 0.394 e. The van der Waals surface area contributed by atoms with Gasteiger partial charge < -0.3 is 10.2 Å². The highest BCUT2D eigenvalue weighted by Gasteiger charge is 1.88. The van der Waals surface area contributed by atoms with Crippen LogP contribution in [-0.2, 0) is 4.89 Å². The van der Waals surface area contributed by atoms with E-state index in [0.717, 1.165) is 6.42 Å². The molecular weight excluding hydrogens is 196 g/mol. The molecule has 4 nitrogen and oxygen atoms in total. The van der Waals surface area contributed by atoms with Gasteiger partial charge in [0.15, 0.2) is 0 Å². The van der Waals surface area contributed by atoms with E-state index in [0.29, 0.717) is 6.61 Å². The first-order chi connectivity index (χ1) is 7.18. The SMILES string of the molecule is CC(O)CO.CCCCCCCCOO. The zero-order valence-corrected chi connectivity index (χ0v) is 9.98. The summed E-state index contributed by atoms with van der Waals surface area (Å²) < 4.78 is 0. The molecule has 0 aliphatic heterocycles. The summed E-state index contributed by atoms with van der Waals surface area (Å²) in [6, 6.07) is 0. The van der Waals surface area contributed by atoms with Crippen molar-refractivity contribution < 1.29 is 20.4 Å². The van der Waals surface area contributed by atoms with Crippen molar-refractivity contribution in [1.82, 2.24) is 0 Å². The van der Waals surface area contributed by atoms with E-state index in [1.807, 2.05) is 0 Å². The fourth-order valence-corrected chi connectivity index (χ4v) is 0.947. The first-order valence-electron chi connectivity index (χ1n) is 5.74. The van der Waals surface area contributed by atoms with Gasteiger partial charge in [-0.25, -0.2) is 4.89 Å². The molecule has 1 unspecified atom stereocenters. The van der Waals surface area contributed by atoms with Gasteiger partial charge in [0, 0.05) is 0 Å². The van der Waals surface area contributed by atoms with Crippen molar-refractivity contribution in [2.24, 2.45) is 0 Å². The molecule has 0 saturated carbocycles. The third-order valence-corrected chi connectivity index (χ3v) is 1.85. The first kappa shape index (κ1) is 17.2. The number of rotatable bonds is 8. The van der Waals surface area contributed by atoms with Crippen molar-refractivity contribution in [3.05, 3.63) is 0 Å². The van der Waals surface area contributed by atoms with Gasteiger partial charge in [0.25, 0.3) is 0 Å². The van der Waals surface area contributed by atoms with Gasteiger partial charge >= 0.3 is 0 Å². The molecule has 0 aliphatic carbocycles. The minimum absolute atomic E-state index is 0.139. The summed E-state index contributed by atoms with van der Waals surface area (Å²) in [5.74, 6) is 0. The maximum absolute atomic E-state index is 8.11. The average molecular weight is 222 g/mol. The van der Waals surface area contributed by atoms with E-state index in [-0.39, 0.29) is 6.61 Å². The van der Waals surface area contributed by atoms with Gasteiger partial charge in [0.05, 0.1) is 19.3 Å². The Bertz CT molecular complexity index is 88.6. The summed E-state index contributed by atoms with van der Waals surface area (Å²) in [5, 5.41) is 24.0. The van der Waals surface area contributed by atoms with Crippen molar-refractivity contribution in [2.45, 2.75) is 58.5 Å². The third kappa shape index (κ3) is 24.8. The molecule has 1 atom stereocenters. The topological polar surface area (TPSA) is 69.9 Å². The van der Waals surface area contributed by atoms with Crippen LogP contribution in [0.25, 0.3) is 0 Å². The third-order valence-electron chi connectivity index (χ3n) is 1.85. The lowest BCUT2D eigenvalue weighted by Crippen LogP contribution is -2.03. The molecule has 0 aromatic rings. The van der Waals surface area contributed by atoms with Crippen LogP contribution in [-0.4, -0.2) is 34.8 Å². The van der Waals surface area contributed by atoms with E-state index in [1.165, 1.54) is 39.0 Å². The lowest BCUT2D eigenvalue weighted by Gasteiger charge is -1.97. The summed E-state index contributed by atoms with van der Waals surface area (Å²) in [4.78, 5) is 3.95. The molecule has 0 aromatic carbocycles. The molecule has 94 valence electrons. The molecule has 0 aliphatic rings. The van der Waals surface area contributed by atoms with Crippen LogP contribution in [0.15, 0.2) is 0 Å². The van der Waals surface area contributed by atoms with Gasteiger partial charge in [0.2, 0.25) is 0 Å². The monoisotopic (exact) mass is 222 g/mol. The van der Waals surface area contributed by atoms with Crippen molar-refractivity contribution in [3.8, 4) is 0 Å². The first-order valence-corrected chi connectivity index (χ1v) is 5.74. The fraction of sp³-hybridized carbons (Fsp3) is 1.00. The number of hydrogen-bond acceptors (Lipinski definition) is 4. The Labute approximate surface area is 92.8 Å². The number of unbranched alkanes of at least 4 members (excludes halogenated alkanes) is 5.